The van der Waals surface area contributed by atoms with Crippen molar-refractivity contribution in [2.45, 2.75) is 13.2 Å². The van der Waals surface area contributed by atoms with Crippen molar-refractivity contribution in [1.82, 2.24) is 19.7 Å². The Bertz CT molecular complexity index is 1080. The number of para-hydroxylation sites is 1. The minimum absolute atomic E-state index is 0.321. The molecule has 1 N–H and O–H groups in total. The second-order valence-corrected chi connectivity index (χ2v) is 6.05. The van der Waals surface area contributed by atoms with Gasteiger partial charge in [-0.05, 0) is 23.3 Å². The fourth-order valence-electron chi connectivity index (χ4n) is 2.84. The molecule has 4 aromatic rings. The van der Waals surface area contributed by atoms with Gasteiger partial charge in [0.1, 0.15) is 13.0 Å². The van der Waals surface area contributed by atoms with Gasteiger partial charge in [0, 0.05) is 17.8 Å². The number of halogens is 1. The second kappa shape index (κ2) is 7.33. The first-order valence-corrected chi connectivity index (χ1v) is 8.40. The summed E-state index contributed by atoms with van der Waals surface area (Å²) in [4.78, 5) is 20.1. The number of carbonyl (C=O) groups is 1. The fourth-order valence-corrected chi connectivity index (χ4v) is 2.84. The third-order valence-corrected chi connectivity index (χ3v) is 4.22. The molecule has 2 aromatic carbocycles. The third kappa shape index (κ3) is 3.52. The molecule has 2 heterocycles. The van der Waals surface area contributed by atoms with Crippen LogP contribution in [0.3, 0.4) is 0 Å². The largest absolute Gasteiger partial charge is 0.304 e. The molecule has 4 rings (SSSR count). The van der Waals surface area contributed by atoms with Crippen LogP contribution < -0.4 is 5.32 Å². The maximum Gasteiger partial charge on any atom is 0.260 e. The van der Waals surface area contributed by atoms with Crippen molar-refractivity contribution in [3.8, 4) is 0 Å². The summed E-state index contributed by atoms with van der Waals surface area (Å²) >= 11 is 0. The first-order valence-electron chi connectivity index (χ1n) is 8.40. The molecule has 2 aromatic heterocycles. The van der Waals surface area contributed by atoms with E-state index < -0.39 is 6.67 Å². The van der Waals surface area contributed by atoms with E-state index in [4.69, 9.17) is 0 Å². The average Bonchev–Trinajstić information content (AvgIpc) is 3.06. The molecule has 1 amide bonds. The minimum atomic E-state index is -0.482. The Morgan fingerprint density at radius 1 is 1.00 bits per heavy atom. The summed E-state index contributed by atoms with van der Waals surface area (Å²) in [6, 6.07) is 14.9. The number of anilines is 1. The Labute approximate surface area is 154 Å². The first kappa shape index (κ1) is 16.8. The molecule has 0 atom stereocenters. The van der Waals surface area contributed by atoms with Gasteiger partial charge in [-0.15, -0.1) is 0 Å². The molecular formula is C20H16FN5O. The summed E-state index contributed by atoms with van der Waals surface area (Å²) in [5, 5.41) is 8.22. The SMILES string of the molecule is O=C(Nc1nn(Cc2ccc(CF)cc2)c2ccccc12)c1cncnc1. The molecule has 7 heteroatoms. The summed E-state index contributed by atoms with van der Waals surface area (Å²) < 4.78 is 14.5. The fraction of sp³-hybridized carbons (Fsp3) is 0.100. The van der Waals surface area contributed by atoms with Gasteiger partial charge in [0.15, 0.2) is 5.82 Å². The normalized spacial score (nSPS) is 10.9. The van der Waals surface area contributed by atoms with Crippen LogP contribution in [0.2, 0.25) is 0 Å². The van der Waals surface area contributed by atoms with Crippen LogP contribution in [0.25, 0.3) is 10.9 Å². The maximum absolute atomic E-state index is 12.7. The van der Waals surface area contributed by atoms with Crippen LogP contribution in [0.15, 0.2) is 67.3 Å². The molecule has 0 aliphatic rings. The van der Waals surface area contributed by atoms with Crippen LogP contribution in [0.4, 0.5) is 10.2 Å². The number of hydrogen-bond acceptors (Lipinski definition) is 4. The van der Waals surface area contributed by atoms with Crippen molar-refractivity contribution in [3.05, 3.63) is 83.9 Å². The maximum atomic E-state index is 12.7. The van der Waals surface area contributed by atoms with E-state index in [1.54, 1.807) is 12.1 Å². The molecule has 134 valence electrons. The number of benzene rings is 2. The van der Waals surface area contributed by atoms with E-state index in [-0.39, 0.29) is 5.91 Å². The van der Waals surface area contributed by atoms with E-state index in [2.05, 4.69) is 20.4 Å². The van der Waals surface area contributed by atoms with Crippen LogP contribution in [0.1, 0.15) is 21.5 Å². The number of alkyl halides is 1. The van der Waals surface area contributed by atoms with Gasteiger partial charge in [-0.3, -0.25) is 9.48 Å². The molecule has 0 unspecified atom stereocenters. The van der Waals surface area contributed by atoms with E-state index in [0.717, 1.165) is 16.5 Å². The predicted molar refractivity (Wildman–Crippen MR) is 100 cm³/mol. The highest BCUT2D eigenvalue weighted by molar-refractivity contribution is 6.07. The van der Waals surface area contributed by atoms with Crippen LogP contribution in [-0.4, -0.2) is 25.7 Å². The molecule has 0 fully saturated rings. The number of fused-ring (bicyclic) bond motifs is 1. The van der Waals surface area contributed by atoms with E-state index in [0.29, 0.717) is 23.5 Å². The van der Waals surface area contributed by atoms with Gasteiger partial charge in [-0.2, -0.15) is 5.10 Å². The molecule has 0 aliphatic heterocycles. The van der Waals surface area contributed by atoms with Gasteiger partial charge in [0.05, 0.1) is 17.6 Å². The van der Waals surface area contributed by atoms with Crippen molar-refractivity contribution in [3.63, 3.8) is 0 Å². The molecule has 0 saturated heterocycles. The molecule has 0 bridgehead atoms. The molecule has 6 nitrogen and oxygen atoms in total. The Morgan fingerprint density at radius 2 is 1.70 bits per heavy atom. The highest BCUT2D eigenvalue weighted by atomic mass is 19.1. The second-order valence-electron chi connectivity index (χ2n) is 6.05. The van der Waals surface area contributed by atoms with E-state index in [1.807, 2.05) is 41.1 Å². The Balaban J connectivity index is 1.65. The first-order chi connectivity index (χ1) is 13.2. The molecule has 0 radical (unpaired) electrons. The molecular weight excluding hydrogens is 345 g/mol. The molecule has 27 heavy (non-hydrogen) atoms. The van der Waals surface area contributed by atoms with E-state index in [1.165, 1.54) is 18.7 Å². The quantitative estimate of drug-likeness (QED) is 0.589. The number of nitrogens with zero attached hydrogens (tertiary/aromatic N) is 4. The lowest BCUT2D eigenvalue weighted by Crippen LogP contribution is -2.13. The van der Waals surface area contributed by atoms with Crippen molar-refractivity contribution < 1.29 is 9.18 Å². The summed E-state index contributed by atoms with van der Waals surface area (Å²) in [6.45, 7) is 0.0295. The van der Waals surface area contributed by atoms with Gasteiger partial charge in [-0.1, -0.05) is 36.4 Å². The van der Waals surface area contributed by atoms with Gasteiger partial charge < -0.3 is 5.32 Å². The standard InChI is InChI=1S/C20H16FN5O/c21-9-14-5-7-15(8-6-14)12-26-18-4-2-1-3-17(18)19(25-26)24-20(27)16-10-22-13-23-11-16/h1-8,10-11,13H,9,12H2,(H,24,25,27). The zero-order chi connectivity index (χ0) is 18.6. The molecule has 0 spiro atoms. The monoisotopic (exact) mass is 361 g/mol. The zero-order valence-corrected chi connectivity index (χ0v) is 14.3. The lowest BCUT2D eigenvalue weighted by atomic mass is 10.1. The van der Waals surface area contributed by atoms with Crippen LogP contribution >= 0.6 is 0 Å². The van der Waals surface area contributed by atoms with Crippen LogP contribution in [0.5, 0.6) is 0 Å². The van der Waals surface area contributed by atoms with Crippen molar-refractivity contribution >= 4 is 22.6 Å². The van der Waals surface area contributed by atoms with Crippen LogP contribution in [-0.2, 0) is 13.2 Å². The molecule has 0 aliphatic carbocycles. The van der Waals surface area contributed by atoms with Crippen molar-refractivity contribution in [1.29, 1.82) is 0 Å². The van der Waals surface area contributed by atoms with Gasteiger partial charge in [0.2, 0.25) is 0 Å². The number of amides is 1. The minimum Gasteiger partial charge on any atom is -0.304 e. The number of nitrogens with one attached hydrogen (secondary N) is 1. The summed E-state index contributed by atoms with van der Waals surface area (Å²) in [6.07, 6.45) is 4.27. The summed E-state index contributed by atoms with van der Waals surface area (Å²) in [5.74, 6) is 0.151. The highest BCUT2D eigenvalue weighted by Gasteiger charge is 2.14. The van der Waals surface area contributed by atoms with Gasteiger partial charge >= 0.3 is 0 Å². The zero-order valence-electron chi connectivity index (χ0n) is 14.3. The number of aromatic nitrogens is 4. The van der Waals surface area contributed by atoms with Gasteiger partial charge in [-0.25, -0.2) is 14.4 Å². The number of rotatable bonds is 5. The van der Waals surface area contributed by atoms with Crippen molar-refractivity contribution in [2.75, 3.05) is 5.32 Å². The third-order valence-electron chi connectivity index (χ3n) is 4.22. The summed E-state index contributed by atoms with van der Waals surface area (Å²) in [7, 11) is 0. The van der Waals surface area contributed by atoms with Crippen molar-refractivity contribution in [2.24, 2.45) is 0 Å². The van der Waals surface area contributed by atoms with E-state index >= 15 is 0 Å². The van der Waals surface area contributed by atoms with Gasteiger partial charge in [0.25, 0.3) is 5.91 Å². The lowest BCUT2D eigenvalue weighted by molar-refractivity contribution is 0.102. The van der Waals surface area contributed by atoms with E-state index in [9.17, 15) is 9.18 Å². The predicted octanol–water partition coefficient (Wildman–Crippen LogP) is 3.60. The Hall–Kier alpha value is -3.61. The Kier molecular flexibility index (Phi) is 4.57. The smallest absolute Gasteiger partial charge is 0.260 e. The van der Waals surface area contributed by atoms with Crippen LogP contribution in [0, 0.1) is 0 Å². The lowest BCUT2D eigenvalue weighted by Gasteiger charge is -2.04. The number of hydrogen-bond donors (Lipinski definition) is 1. The summed E-state index contributed by atoms with van der Waals surface area (Å²) in [5.41, 5.74) is 2.89. The Morgan fingerprint density at radius 3 is 2.44 bits per heavy atom. The molecule has 0 saturated carbocycles. The average molecular weight is 361 g/mol. The number of carbonyl (C=O) groups excluding carboxylic acids is 1. The highest BCUT2D eigenvalue weighted by Crippen LogP contribution is 2.24. The topological polar surface area (TPSA) is 72.7 Å².